The molecule has 3 aliphatic heterocycles. The first kappa shape index (κ1) is 19.4. The summed E-state index contributed by atoms with van der Waals surface area (Å²) in [4.78, 5) is 24.4. The third-order valence-corrected chi connectivity index (χ3v) is 7.36. The van der Waals surface area contributed by atoms with Gasteiger partial charge in [-0.05, 0) is 22.7 Å². The Bertz CT molecular complexity index is 1040. The molecule has 0 radical (unpaired) electrons. The summed E-state index contributed by atoms with van der Waals surface area (Å²) in [6.07, 6.45) is 0. The largest absolute Gasteiger partial charge is 0.488 e. The molecule has 0 saturated carbocycles. The summed E-state index contributed by atoms with van der Waals surface area (Å²) in [5.41, 5.74) is 9.93. The second kappa shape index (κ2) is 6.75. The number of fused-ring (bicyclic) bond motifs is 6. The van der Waals surface area contributed by atoms with Gasteiger partial charge in [0, 0.05) is 16.7 Å². The highest BCUT2D eigenvalue weighted by atomic mass is 16.4. The lowest BCUT2D eigenvalue weighted by Gasteiger charge is -2.55. The highest BCUT2D eigenvalue weighted by molar-refractivity contribution is 6.58. The molecule has 8 heteroatoms. The number of quaternary nitrogens is 2. The normalized spacial score (nSPS) is 26.4. The van der Waals surface area contributed by atoms with E-state index in [9.17, 15) is 19.6 Å². The highest BCUT2D eigenvalue weighted by Gasteiger charge is 2.49. The first-order chi connectivity index (χ1) is 14.3. The van der Waals surface area contributed by atoms with Crippen LogP contribution in [-0.2, 0) is 11.3 Å². The lowest BCUT2D eigenvalue weighted by Crippen LogP contribution is -2.75. The van der Waals surface area contributed by atoms with Crippen LogP contribution >= 0.6 is 0 Å². The van der Waals surface area contributed by atoms with Gasteiger partial charge in [-0.3, -0.25) is 9.59 Å². The zero-order valence-corrected chi connectivity index (χ0v) is 16.9. The number of rotatable bonds is 5. The Hall–Kier alpha value is -2.52. The van der Waals surface area contributed by atoms with E-state index in [1.165, 1.54) is 0 Å². The molecule has 3 saturated heterocycles. The number of primary amides is 1. The minimum atomic E-state index is -1.55. The van der Waals surface area contributed by atoms with Crippen molar-refractivity contribution < 1.29 is 28.6 Å². The maximum Gasteiger partial charge on any atom is 0.488 e. The molecule has 0 spiro atoms. The molecule has 0 atom stereocenters. The van der Waals surface area contributed by atoms with E-state index < -0.39 is 7.12 Å². The molecule has 0 unspecified atom stereocenters. The number of nitrogens with zero attached hydrogens (tertiary/aromatic N) is 2. The zero-order valence-electron chi connectivity index (χ0n) is 16.9. The molecule has 0 aromatic heterocycles. The Kier molecular flexibility index (Phi) is 4.38. The molecule has 2 aromatic carbocycles. The van der Waals surface area contributed by atoms with Crippen molar-refractivity contribution in [3.8, 4) is 11.1 Å². The van der Waals surface area contributed by atoms with E-state index in [4.69, 9.17) is 5.73 Å². The van der Waals surface area contributed by atoms with Crippen LogP contribution in [0.5, 0.6) is 0 Å². The Balaban J connectivity index is 1.39. The van der Waals surface area contributed by atoms with Crippen molar-refractivity contribution in [3.05, 3.63) is 53.1 Å². The second-order valence-electron chi connectivity index (χ2n) is 9.20. The average molecular weight is 407 g/mol. The number of piperazine rings is 3. The van der Waals surface area contributed by atoms with Gasteiger partial charge >= 0.3 is 7.12 Å². The smallest absolute Gasteiger partial charge is 0.423 e. The minimum Gasteiger partial charge on any atom is -0.423 e. The minimum absolute atomic E-state index is 0.00439. The van der Waals surface area contributed by atoms with Crippen molar-refractivity contribution in [2.24, 2.45) is 5.73 Å². The summed E-state index contributed by atoms with van der Waals surface area (Å²) in [7, 11) is -1.55. The van der Waals surface area contributed by atoms with E-state index in [1.54, 1.807) is 18.2 Å². The molecule has 3 fully saturated rings. The predicted octanol–water partition coefficient (Wildman–Crippen LogP) is -0.776. The third-order valence-electron chi connectivity index (χ3n) is 7.36. The summed E-state index contributed by atoms with van der Waals surface area (Å²) in [6, 6.07) is 11.0. The SMILES string of the molecule is NC(=O)C[N+]12CC[N+](Cc3ccc4c(c3)C(=O)c3ccc(B(O)O)cc3-4)(CC1)CC2. The summed E-state index contributed by atoms with van der Waals surface area (Å²) in [5, 5.41) is 18.9. The predicted molar refractivity (Wildman–Crippen MR) is 113 cm³/mol. The van der Waals surface area contributed by atoms with Crippen molar-refractivity contribution in [2.75, 3.05) is 45.8 Å². The van der Waals surface area contributed by atoms with Crippen LogP contribution in [0.15, 0.2) is 36.4 Å². The fourth-order valence-electron chi connectivity index (χ4n) is 5.54. The molecular weight excluding hydrogens is 381 g/mol. The van der Waals surface area contributed by atoms with Gasteiger partial charge in [0.1, 0.15) is 45.8 Å². The van der Waals surface area contributed by atoms with Crippen LogP contribution in [0.4, 0.5) is 0 Å². The van der Waals surface area contributed by atoms with Crippen molar-refractivity contribution in [1.29, 1.82) is 0 Å². The Morgan fingerprint density at radius 1 is 0.867 bits per heavy atom. The molecule has 3 heterocycles. The molecule has 154 valence electrons. The fraction of sp³-hybridized carbons (Fsp3) is 0.364. The fourth-order valence-corrected chi connectivity index (χ4v) is 5.54. The Morgan fingerprint density at radius 3 is 2.13 bits per heavy atom. The van der Waals surface area contributed by atoms with Gasteiger partial charge in [0.25, 0.3) is 5.91 Å². The number of nitrogens with two attached hydrogens (primary N) is 1. The third kappa shape index (κ3) is 3.08. The quantitative estimate of drug-likeness (QED) is 0.382. The van der Waals surface area contributed by atoms with Crippen LogP contribution in [0.25, 0.3) is 11.1 Å². The summed E-state index contributed by atoms with van der Waals surface area (Å²) in [5.74, 6) is -0.222. The van der Waals surface area contributed by atoms with Crippen molar-refractivity contribution in [1.82, 2.24) is 0 Å². The summed E-state index contributed by atoms with van der Waals surface area (Å²) >= 11 is 0. The average Bonchev–Trinajstić information content (AvgIpc) is 3.00. The van der Waals surface area contributed by atoms with Gasteiger partial charge in [-0.25, -0.2) is 0 Å². The number of hydrogen-bond acceptors (Lipinski definition) is 4. The van der Waals surface area contributed by atoms with Gasteiger partial charge < -0.3 is 24.7 Å². The molecule has 6 rings (SSSR count). The topological polar surface area (TPSA) is 101 Å². The molecule has 30 heavy (non-hydrogen) atoms. The van der Waals surface area contributed by atoms with Crippen LogP contribution < -0.4 is 11.2 Å². The van der Waals surface area contributed by atoms with Gasteiger partial charge in [-0.15, -0.1) is 0 Å². The van der Waals surface area contributed by atoms with Gasteiger partial charge in [0.05, 0.1) is 0 Å². The summed E-state index contributed by atoms with van der Waals surface area (Å²) < 4.78 is 1.83. The van der Waals surface area contributed by atoms with E-state index in [2.05, 4.69) is 6.07 Å². The van der Waals surface area contributed by atoms with Crippen LogP contribution in [0.1, 0.15) is 21.5 Å². The molecule has 4 N–H and O–H groups in total. The number of ketones is 1. The van der Waals surface area contributed by atoms with Crippen LogP contribution in [-0.4, -0.2) is 83.6 Å². The van der Waals surface area contributed by atoms with Gasteiger partial charge in [-0.1, -0.05) is 30.3 Å². The number of hydrogen-bond donors (Lipinski definition) is 3. The molecule has 7 nitrogen and oxygen atoms in total. The van der Waals surface area contributed by atoms with Crippen LogP contribution in [0.3, 0.4) is 0 Å². The lowest BCUT2D eigenvalue weighted by atomic mass is 9.79. The molecule has 1 aliphatic carbocycles. The van der Waals surface area contributed by atoms with E-state index in [0.29, 0.717) is 23.1 Å². The molecule has 4 aliphatic rings. The molecule has 2 bridgehead atoms. The van der Waals surface area contributed by atoms with Crippen LogP contribution in [0, 0.1) is 0 Å². The molecule has 2 aromatic rings. The van der Waals surface area contributed by atoms with E-state index in [1.807, 2.05) is 12.1 Å². The summed E-state index contributed by atoms with van der Waals surface area (Å²) in [6.45, 7) is 7.33. The van der Waals surface area contributed by atoms with Crippen molar-refractivity contribution in [2.45, 2.75) is 6.54 Å². The Morgan fingerprint density at radius 2 is 1.50 bits per heavy atom. The number of benzene rings is 2. The highest BCUT2D eigenvalue weighted by Crippen LogP contribution is 2.37. The van der Waals surface area contributed by atoms with E-state index >= 15 is 0 Å². The molecular formula is C22H26BN3O4+2. The van der Waals surface area contributed by atoms with Gasteiger partial charge in [0.2, 0.25) is 0 Å². The van der Waals surface area contributed by atoms with Crippen molar-refractivity contribution >= 4 is 24.3 Å². The van der Waals surface area contributed by atoms with E-state index in [-0.39, 0.29) is 11.7 Å². The Labute approximate surface area is 175 Å². The second-order valence-corrected chi connectivity index (χ2v) is 9.20. The zero-order chi connectivity index (χ0) is 21.1. The van der Waals surface area contributed by atoms with Gasteiger partial charge in [0.15, 0.2) is 12.3 Å². The van der Waals surface area contributed by atoms with Gasteiger partial charge in [-0.2, -0.15) is 0 Å². The maximum absolute atomic E-state index is 12.9. The monoisotopic (exact) mass is 407 g/mol. The lowest BCUT2D eigenvalue weighted by molar-refractivity contribution is -1.08. The maximum atomic E-state index is 12.9. The van der Waals surface area contributed by atoms with Crippen molar-refractivity contribution in [3.63, 3.8) is 0 Å². The first-order valence-electron chi connectivity index (χ1n) is 10.5. The number of carbonyl (C=O) groups excluding carboxylic acids is 2. The van der Waals surface area contributed by atoms with E-state index in [0.717, 1.165) is 71.5 Å². The first-order valence-corrected chi connectivity index (χ1v) is 10.5. The molecule has 1 amide bonds. The number of amides is 1. The number of carbonyl (C=O) groups is 2. The van der Waals surface area contributed by atoms with Crippen LogP contribution in [0.2, 0.25) is 0 Å². The standard InChI is InChI=1S/C22H25BN3O4/c24-21(27)14-26-8-5-25(6-9-26,7-10-26)13-15-1-3-17-19-12-16(23(29)30)2-4-18(19)22(28)20(17)11-15/h1-4,11-12,29-30H,5-10,13-14H2,(H-,24,27)/q+1/p+1.